The third-order valence-corrected chi connectivity index (χ3v) is 6.83. The van der Waals surface area contributed by atoms with Crippen LogP contribution in [0.4, 0.5) is 4.39 Å². The van der Waals surface area contributed by atoms with Crippen LogP contribution < -0.4 is 15.4 Å². The lowest BCUT2D eigenvalue weighted by atomic mass is 10.1. The summed E-state index contributed by atoms with van der Waals surface area (Å²) in [5, 5.41) is 6.18. The van der Waals surface area contributed by atoms with Crippen molar-refractivity contribution in [2.45, 2.75) is 36.7 Å². The van der Waals surface area contributed by atoms with E-state index in [1.807, 2.05) is 0 Å². The number of guanidine groups is 1. The second kappa shape index (κ2) is 15.2. The highest BCUT2D eigenvalue weighted by Gasteiger charge is 2.17. The summed E-state index contributed by atoms with van der Waals surface area (Å²) in [6.45, 7) is 2.02. The fourth-order valence-corrected chi connectivity index (χ4v) is 4.59. The molecule has 7 nitrogen and oxygen atoms in total. The third-order valence-electron chi connectivity index (χ3n) is 4.39. The van der Waals surface area contributed by atoms with Crippen molar-refractivity contribution in [3.8, 4) is 0 Å². The van der Waals surface area contributed by atoms with Gasteiger partial charge in [-0.1, -0.05) is 0 Å². The van der Waals surface area contributed by atoms with Crippen molar-refractivity contribution >= 4 is 51.7 Å². The van der Waals surface area contributed by atoms with Gasteiger partial charge in [0.05, 0.1) is 11.9 Å². The molecule has 3 N–H and O–H groups in total. The van der Waals surface area contributed by atoms with Crippen LogP contribution in [0.1, 0.15) is 25.7 Å². The molecule has 0 amide bonds. The van der Waals surface area contributed by atoms with Crippen molar-refractivity contribution in [2.24, 2.45) is 4.99 Å². The summed E-state index contributed by atoms with van der Waals surface area (Å²) in [6.07, 6.45) is 3.90. The number of thioether (sulfide) groups is 1. The number of benzene rings is 1. The van der Waals surface area contributed by atoms with Gasteiger partial charge in [0.1, 0.15) is 5.82 Å². The molecule has 1 aliphatic rings. The van der Waals surface area contributed by atoms with E-state index in [0.717, 1.165) is 36.3 Å². The predicted molar refractivity (Wildman–Crippen MR) is 132 cm³/mol. The van der Waals surface area contributed by atoms with Crippen molar-refractivity contribution in [1.29, 1.82) is 0 Å². The average Bonchev–Trinajstić information content (AvgIpc) is 2.73. The van der Waals surface area contributed by atoms with E-state index in [1.165, 1.54) is 12.1 Å². The number of ether oxygens (including phenoxy) is 1. The van der Waals surface area contributed by atoms with E-state index in [0.29, 0.717) is 25.7 Å². The van der Waals surface area contributed by atoms with Crippen LogP contribution in [0.5, 0.6) is 0 Å². The van der Waals surface area contributed by atoms with Crippen LogP contribution in [0.2, 0.25) is 0 Å². The molecule has 30 heavy (non-hydrogen) atoms. The van der Waals surface area contributed by atoms with Gasteiger partial charge < -0.3 is 15.4 Å². The highest BCUT2D eigenvalue weighted by Crippen LogP contribution is 2.18. The molecule has 0 saturated carbocycles. The fourth-order valence-electron chi connectivity index (χ4n) is 2.78. The first kappa shape index (κ1) is 27.4. The maximum Gasteiger partial charge on any atom is 0.213 e. The average molecular weight is 575 g/mol. The molecule has 172 valence electrons. The van der Waals surface area contributed by atoms with E-state index in [4.69, 9.17) is 4.74 Å². The minimum absolute atomic E-state index is 0. The summed E-state index contributed by atoms with van der Waals surface area (Å²) in [6, 6.07) is 6.44. The Kier molecular flexibility index (Phi) is 13.9. The molecule has 1 atom stereocenters. The summed E-state index contributed by atoms with van der Waals surface area (Å²) < 4.78 is 45.2. The summed E-state index contributed by atoms with van der Waals surface area (Å²) in [5.74, 6) is 1.20. The van der Waals surface area contributed by atoms with Gasteiger partial charge in [0, 0.05) is 38.2 Å². The lowest BCUT2D eigenvalue weighted by Crippen LogP contribution is -2.42. The Balaban J connectivity index is 0.00000450. The molecule has 11 heteroatoms. The summed E-state index contributed by atoms with van der Waals surface area (Å²) in [5.41, 5.74) is 0. The molecule has 1 aromatic carbocycles. The van der Waals surface area contributed by atoms with Crippen molar-refractivity contribution in [3.05, 3.63) is 30.1 Å². The molecule has 0 radical (unpaired) electrons. The Morgan fingerprint density at radius 1 is 1.23 bits per heavy atom. The Morgan fingerprint density at radius 3 is 2.63 bits per heavy atom. The molecule has 1 saturated heterocycles. The number of sulfonamides is 1. The van der Waals surface area contributed by atoms with Gasteiger partial charge in [0.15, 0.2) is 5.96 Å². The lowest BCUT2D eigenvalue weighted by Gasteiger charge is -2.22. The quantitative estimate of drug-likeness (QED) is 0.124. The number of nitrogens with one attached hydrogen (secondary N) is 3. The minimum Gasteiger partial charge on any atom is -0.377 e. The van der Waals surface area contributed by atoms with E-state index in [2.05, 4.69) is 20.3 Å². The van der Waals surface area contributed by atoms with Crippen molar-refractivity contribution in [1.82, 2.24) is 15.4 Å². The van der Waals surface area contributed by atoms with Gasteiger partial charge in [0.2, 0.25) is 10.0 Å². The number of hydrogen-bond donors (Lipinski definition) is 3. The highest BCUT2D eigenvalue weighted by molar-refractivity contribution is 14.0. The first-order chi connectivity index (χ1) is 14.0. The van der Waals surface area contributed by atoms with Crippen LogP contribution in [0.3, 0.4) is 0 Å². The van der Waals surface area contributed by atoms with Crippen LogP contribution >= 0.6 is 35.7 Å². The Hall–Kier alpha value is -0.630. The maximum absolute atomic E-state index is 12.9. The molecule has 1 fully saturated rings. The van der Waals surface area contributed by atoms with E-state index < -0.39 is 10.0 Å². The number of halogens is 2. The molecular formula is C19H32FIN4O3S2. The molecule has 2 rings (SSSR count). The summed E-state index contributed by atoms with van der Waals surface area (Å²) in [7, 11) is -1.70. The van der Waals surface area contributed by atoms with Gasteiger partial charge in [0.25, 0.3) is 0 Å². The number of hydrogen-bond acceptors (Lipinski definition) is 5. The summed E-state index contributed by atoms with van der Waals surface area (Å²) in [4.78, 5) is 5.14. The van der Waals surface area contributed by atoms with E-state index in [-0.39, 0.29) is 48.2 Å². The Labute approximate surface area is 200 Å². The van der Waals surface area contributed by atoms with Gasteiger partial charge in [-0.3, -0.25) is 4.99 Å². The SMILES string of the molecule is CN=C(NCCCSc1ccc(F)cc1)NCCS(=O)(=O)NCC1CCCCO1.I. The first-order valence-electron chi connectivity index (χ1n) is 9.90. The highest BCUT2D eigenvalue weighted by atomic mass is 127. The predicted octanol–water partition coefficient (Wildman–Crippen LogP) is 2.58. The van der Waals surface area contributed by atoms with Crippen molar-refractivity contribution in [2.75, 3.05) is 44.8 Å². The van der Waals surface area contributed by atoms with Crippen molar-refractivity contribution < 1.29 is 17.5 Å². The van der Waals surface area contributed by atoms with E-state index in [1.54, 1.807) is 30.9 Å². The van der Waals surface area contributed by atoms with Crippen LogP contribution in [-0.4, -0.2) is 65.3 Å². The maximum atomic E-state index is 12.9. The summed E-state index contributed by atoms with van der Waals surface area (Å²) >= 11 is 1.66. The Morgan fingerprint density at radius 2 is 1.97 bits per heavy atom. The second-order valence-corrected chi connectivity index (χ2v) is 9.83. The zero-order chi connectivity index (χ0) is 21.0. The number of rotatable bonds is 11. The zero-order valence-electron chi connectivity index (χ0n) is 17.2. The molecule has 0 bridgehead atoms. The van der Waals surface area contributed by atoms with Gasteiger partial charge >= 0.3 is 0 Å². The molecule has 1 aliphatic heterocycles. The van der Waals surface area contributed by atoms with Gasteiger partial charge in [-0.2, -0.15) is 0 Å². The van der Waals surface area contributed by atoms with Crippen LogP contribution in [0.15, 0.2) is 34.2 Å². The van der Waals surface area contributed by atoms with Crippen LogP contribution in [0.25, 0.3) is 0 Å². The Bertz CT molecular complexity index is 730. The zero-order valence-corrected chi connectivity index (χ0v) is 21.2. The van der Waals surface area contributed by atoms with Gasteiger partial charge in [-0.15, -0.1) is 35.7 Å². The number of aliphatic imine (C=N–C) groups is 1. The largest absolute Gasteiger partial charge is 0.377 e. The van der Waals surface area contributed by atoms with E-state index in [9.17, 15) is 12.8 Å². The molecular weight excluding hydrogens is 542 g/mol. The van der Waals surface area contributed by atoms with Gasteiger partial charge in [-0.25, -0.2) is 17.5 Å². The van der Waals surface area contributed by atoms with Crippen molar-refractivity contribution in [3.63, 3.8) is 0 Å². The van der Waals surface area contributed by atoms with Crippen LogP contribution in [0, 0.1) is 5.82 Å². The van der Waals surface area contributed by atoms with Gasteiger partial charge in [-0.05, 0) is 55.7 Å². The standard InChI is InChI=1S/C19H31FN4O3S2.HI/c1-21-19(22-10-4-13-28-18-8-6-16(20)7-9-18)23-11-14-29(25,26)24-15-17-5-2-3-12-27-17;/h6-9,17,24H,2-5,10-15H2,1H3,(H2,21,22,23);1H. The minimum atomic E-state index is -3.35. The third kappa shape index (κ3) is 11.7. The van der Waals surface area contributed by atoms with E-state index >= 15 is 0 Å². The smallest absolute Gasteiger partial charge is 0.213 e. The second-order valence-electron chi connectivity index (χ2n) is 6.74. The molecule has 1 unspecified atom stereocenters. The normalized spacial score (nSPS) is 17.3. The fraction of sp³-hybridized carbons (Fsp3) is 0.632. The monoisotopic (exact) mass is 574 g/mol. The topological polar surface area (TPSA) is 91.8 Å². The number of nitrogens with zero attached hydrogens (tertiary/aromatic N) is 1. The van der Waals surface area contributed by atoms with Crippen LogP contribution in [-0.2, 0) is 14.8 Å². The molecule has 0 aliphatic carbocycles. The molecule has 0 spiro atoms. The first-order valence-corrected chi connectivity index (χ1v) is 12.5. The molecule has 1 heterocycles. The lowest BCUT2D eigenvalue weighted by molar-refractivity contribution is 0.0200. The molecule has 1 aromatic rings. The molecule has 0 aromatic heterocycles.